The molecule has 1 aromatic heterocycles. The first kappa shape index (κ1) is 15.4. The van der Waals surface area contributed by atoms with E-state index in [9.17, 15) is 9.18 Å². The van der Waals surface area contributed by atoms with E-state index >= 15 is 0 Å². The van der Waals surface area contributed by atoms with Crippen molar-refractivity contribution in [2.45, 2.75) is 13.0 Å². The van der Waals surface area contributed by atoms with Crippen LogP contribution in [0, 0.1) is 5.82 Å². The molecule has 0 radical (unpaired) electrons. The molecule has 0 fully saturated rings. The van der Waals surface area contributed by atoms with Crippen molar-refractivity contribution < 1.29 is 9.18 Å². The standard InChI is InChI=1S/C21H17FN2O/c1-13(17-8-4-6-14-5-2-3-7-18(14)17)23-21(25)20-12-15-11-16(22)9-10-19(15)24-20/h2-13,24H,1H3,(H,23,25). The number of fused-ring (bicyclic) bond motifs is 2. The highest BCUT2D eigenvalue weighted by Crippen LogP contribution is 2.24. The molecule has 0 bridgehead atoms. The number of benzene rings is 3. The number of carbonyl (C=O) groups excluding carboxylic acids is 1. The molecule has 0 spiro atoms. The van der Waals surface area contributed by atoms with Crippen LogP contribution in [0.25, 0.3) is 21.7 Å². The maximum absolute atomic E-state index is 13.3. The van der Waals surface area contributed by atoms with E-state index < -0.39 is 0 Å². The van der Waals surface area contributed by atoms with Crippen LogP contribution in [0.4, 0.5) is 4.39 Å². The van der Waals surface area contributed by atoms with Gasteiger partial charge >= 0.3 is 0 Å². The second-order valence-corrected chi connectivity index (χ2v) is 6.18. The number of nitrogens with one attached hydrogen (secondary N) is 2. The SMILES string of the molecule is CC(NC(=O)c1cc2cc(F)ccc2[nH]1)c1cccc2ccccc12. The van der Waals surface area contributed by atoms with Crippen molar-refractivity contribution in [2.24, 2.45) is 0 Å². The molecule has 4 rings (SSSR count). The Hall–Kier alpha value is -3.14. The molecule has 0 aliphatic carbocycles. The zero-order valence-corrected chi connectivity index (χ0v) is 13.7. The van der Waals surface area contributed by atoms with Crippen LogP contribution in [0.2, 0.25) is 0 Å². The first-order chi connectivity index (χ1) is 12.1. The number of halogens is 1. The van der Waals surface area contributed by atoms with E-state index in [0.29, 0.717) is 11.1 Å². The highest BCUT2D eigenvalue weighted by atomic mass is 19.1. The molecule has 4 heteroatoms. The summed E-state index contributed by atoms with van der Waals surface area (Å²) in [5.41, 5.74) is 2.23. The van der Waals surface area contributed by atoms with Gasteiger partial charge < -0.3 is 10.3 Å². The van der Waals surface area contributed by atoms with Gasteiger partial charge in [-0.2, -0.15) is 0 Å². The Balaban J connectivity index is 1.62. The minimum Gasteiger partial charge on any atom is -0.351 e. The fraction of sp³-hybridized carbons (Fsp3) is 0.0952. The Bertz CT molecular complexity index is 1080. The zero-order chi connectivity index (χ0) is 17.4. The van der Waals surface area contributed by atoms with Gasteiger partial charge in [-0.1, -0.05) is 42.5 Å². The average Bonchev–Trinajstić information content (AvgIpc) is 3.04. The van der Waals surface area contributed by atoms with Crippen molar-refractivity contribution in [3.63, 3.8) is 0 Å². The lowest BCUT2D eigenvalue weighted by Gasteiger charge is -2.16. The molecule has 1 amide bonds. The molecular weight excluding hydrogens is 315 g/mol. The lowest BCUT2D eigenvalue weighted by Crippen LogP contribution is -2.27. The van der Waals surface area contributed by atoms with Gasteiger partial charge in [0, 0.05) is 10.9 Å². The van der Waals surface area contributed by atoms with E-state index in [4.69, 9.17) is 0 Å². The van der Waals surface area contributed by atoms with Crippen molar-refractivity contribution in [1.29, 1.82) is 0 Å². The van der Waals surface area contributed by atoms with E-state index in [0.717, 1.165) is 21.9 Å². The number of rotatable bonds is 3. The quantitative estimate of drug-likeness (QED) is 0.548. The minimum atomic E-state index is -0.317. The number of hydrogen-bond acceptors (Lipinski definition) is 1. The van der Waals surface area contributed by atoms with E-state index in [1.165, 1.54) is 12.1 Å². The first-order valence-electron chi connectivity index (χ1n) is 8.18. The number of hydrogen-bond donors (Lipinski definition) is 2. The Labute approximate surface area is 144 Å². The van der Waals surface area contributed by atoms with Gasteiger partial charge in [-0.25, -0.2) is 4.39 Å². The number of carbonyl (C=O) groups is 1. The average molecular weight is 332 g/mol. The fourth-order valence-corrected chi connectivity index (χ4v) is 3.21. The third-order valence-corrected chi connectivity index (χ3v) is 4.46. The van der Waals surface area contributed by atoms with Crippen molar-refractivity contribution in [3.8, 4) is 0 Å². The van der Waals surface area contributed by atoms with E-state index in [2.05, 4.69) is 28.5 Å². The Morgan fingerprint density at radius 1 is 1.00 bits per heavy atom. The summed E-state index contributed by atoms with van der Waals surface area (Å²) >= 11 is 0. The fourth-order valence-electron chi connectivity index (χ4n) is 3.21. The first-order valence-corrected chi connectivity index (χ1v) is 8.18. The maximum Gasteiger partial charge on any atom is 0.268 e. The molecule has 0 aliphatic heterocycles. The largest absolute Gasteiger partial charge is 0.351 e. The number of aromatic nitrogens is 1. The molecule has 1 heterocycles. The second kappa shape index (κ2) is 6.06. The molecule has 25 heavy (non-hydrogen) atoms. The summed E-state index contributed by atoms with van der Waals surface area (Å²) in [4.78, 5) is 15.6. The molecule has 1 atom stereocenters. The van der Waals surface area contributed by atoms with Crippen molar-refractivity contribution >= 4 is 27.6 Å². The van der Waals surface area contributed by atoms with Gasteiger partial charge in [-0.05, 0) is 47.5 Å². The van der Waals surface area contributed by atoms with Gasteiger partial charge in [-0.3, -0.25) is 4.79 Å². The third-order valence-electron chi connectivity index (χ3n) is 4.46. The molecule has 0 aliphatic rings. The summed E-state index contributed by atoms with van der Waals surface area (Å²) in [6, 6.07) is 20.1. The monoisotopic (exact) mass is 332 g/mol. The lowest BCUT2D eigenvalue weighted by atomic mass is 9.99. The van der Waals surface area contributed by atoms with Crippen LogP contribution in [0.15, 0.2) is 66.7 Å². The zero-order valence-electron chi connectivity index (χ0n) is 13.7. The van der Waals surface area contributed by atoms with Gasteiger partial charge in [0.25, 0.3) is 5.91 Å². The summed E-state index contributed by atoms with van der Waals surface area (Å²) in [7, 11) is 0. The summed E-state index contributed by atoms with van der Waals surface area (Å²) < 4.78 is 13.3. The minimum absolute atomic E-state index is 0.151. The molecular formula is C21H17FN2O. The van der Waals surface area contributed by atoms with Crippen molar-refractivity contribution in [3.05, 3.63) is 83.8 Å². The topological polar surface area (TPSA) is 44.9 Å². The maximum atomic E-state index is 13.3. The van der Waals surface area contributed by atoms with Crippen LogP contribution in [0.5, 0.6) is 0 Å². The predicted octanol–water partition coefficient (Wildman–Crippen LogP) is 4.95. The van der Waals surface area contributed by atoms with Crippen LogP contribution < -0.4 is 5.32 Å². The van der Waals surface area contributed by atoms with Crippen LogP contribution in [0.3, 0.4) is 0 Å². The number of H-pyrrole nitrogens is 1. The molecule has 124 valence electrons. The van der Waals surface area contributed by atoms with E-state index in [1.54, 1.807) is 12.1 Å². The highest BCUT2D eigenvalue weighted by molar-refractivity contribution is 5.98. The van der Waals surface area contributed by atoms with Gasteiger partial charge in [0.05, 0.1) is 6.04 Å². The highest BCUT2D eigenvalue weighted by Gasteiger charge is 2.15. The normalized spacial score (nSPS) is 12.4. The van der Waals surface area contributed by atoms with Crippen LogP contribution >= 0.6 is 0 Å². The molecule has 3 aromatic carbocycles. The van der Waals surface area contributed by atoms with Crippen LogP contribution in [-0.4, -0.2) is 10.9 Å². The lowest BCUT2D eigenvalue weighted by molar-refractivity contribution is 0.0936. The van der Waals surface area contributed by atoms with E-state index in [-0.39, 0.29) is 17.8 Å². The van der Waals surface area contributed by atoms with Crippen molar-refractivity contribution in [1.82, 2.24) is 10.3 Å². The second-order valence-electron chi connectivity index (χ2n) is 6.18. The Kier molecular flexibility index (Phi) is 3.73. The Morgan fingerprint density at radius 2 is 1.80 bits per heavy atom. The van der Waals surface area contributed by atoms with Crippen LogP contribution in [-0.2, 0) is 0 Å². The summed E-state index contributed by atoms with van der Waals surface area (Å²) in [6.45, 7) is 1.96. The van der Waals surface area contributed by atoms with Gasteiger partial charge in [0.1, 0.15) is 11.5 Å². The number of amides is 1. The number of aromatic amines is 1. The smallest absolute Gasteiger partial charge is 0.268 e. The summed E-state index contributed by atoms with van der Waals surface area (Å²) in [5, 5.41) is 5.96. The van der Waals surface area contributed by atoms with Crippen LogP contribution in [0.1, 0.15) is 29.0 Å². The van der Waals surface area contributed by atoms with Gasteiger partial charge in [-0.15, -0.1) is 0 Å². The summed E-state index contributed by atoms with van der Waals surface area (Å²) in [5.74, 6) is -0.528. The predicted molar refractivity (Wildman–Crippen MR) is 98.1 cm³/mol. The molecule has 1 unspecified atom stereocenters. The van der Waals surface area contributed by atoms with Crippen molar-refractivity contribution in [2.75, 3.05) is 0 Å². The molecule has 0 saturated heterocycles. The summed E-state index contributed by atoms with van der Waals surface area (Å²) in [6.07, 6.45) is 0. The molecule has 2 N–H and O–H groups in total. The molecule has 4 aromatic rings. The van der Waals surface area contributed by atoms with Gasteiger partial charge in [0.15, 0.2) is 0 Å². The van der Waals surface area contributed by atoms with E-state index in [1.807, 2.05) is 31.2 Å². The van der Waals surface area contributed by atoms with Gasteiger partial charge in [0.2, 0.25) is 0 Å². The molecule has 3 nitrogen and oxygen atoms in total. The Morgan fingerprint density at radius 3 is 2.68 bits per heavy atom. The third kappa shape index (κ3) is 2.87. The molecule has 0 saturated carbocycles.